The van der Waals surface area contributed by atoms with Gasteiger partial charge in [-0.05, 0) is 38.4 Å². The molecule has 1 aliphatic heterocycles. The predicted molar refractivity (Wildman–Crippen MR) is 73.6 cm³/mol. The number of carbonyl (C=O) groups is 1. The highest BCUT2D eigenvalue weighted by atomic mass is 16.5. The van der Waals surface area contributed by atoms with Crippen LogP contribution in [0.3, 0.4) is 0 Å². The first-order chi connectivity index (χ1) is 9.25. The van der Waals surface area contributed by atoms with Gasteiger partial charge in [0.15, 0.2) is 0 Å². The lowest BCUT2D eigenvalue weighted by atomic mass is 10.1. The van der Waals surface area contributed by atoms with Crippen molar-refractivity contribution in [2.24, 2.45) is 0 Å². The van der Waals surface area contributed by atoms with E-state index in [2.05, 4.69) is 4.90 Å². The van der Waals surface area contributed by atoms with Crippen molar-refractivity contribution in [3.63, 3.8) is 0 Å². The van der Waals surface area contributed by atoms with E-state index in [-0.39, 0.29) is 6.42 Å². The molecule has 0 radical (unpaired) electrons. The fourth-order valence-corrected chi connectivity index (χ4v) is 2.43. The molecule has 1 saturated heterocycles. The molecule has 1 heterocycles. The van der Waals surface area contributed by atoms with Crippen molar-refractivity contribution < 1.29 is 14.6 Å². The van der Waals surface area contributed by atoms with Gasteiger partial charge in [0.2, 0.25) is 0 Å². The van der Waals surface area contributed by atoms with E-state index < -0.39 is 5.97 Å². The lowest BCUT2D eigenvalue weighted by molar-refractivity contribution is -0.136. The first-order valence-corrected chi connectivity index (χ1v) is 6.90. The predicted octanol–water partition coefficient (Wildman–Crippen LogP) is 2.18. The van der Waals surface area contributed by atoms with Crippen LogP contribution >= 0.6 is 0 Å². The summed E-state index contributed by atoms with van der Waals surface area (Å²) < 4.78 is 5.71. The first-order valence-electron chi connectivity index (χ1n) is 6.90. The van der Waals surface area contributed by atoms with Gasteiger partial charge in [-0.3, -0.25) is 4.79 Å². The van der Waals surface area contributed by atoms with Crippen molar-refractivity contribution in [1.29, 1.82) is 0 Å². The Labute approximate surface area is 114 Å². The highest BCUT2D eigenvalue weighted by molar-refractivity contribution is 5.71. The second-order valence-electron chi connectivity index (χ2n) is 4.93. The number of hydrogen-bond acceptors (Lipinski definition) is 3. The van der Waals surface area contributed by atoms with Gasteiger partial charge in [0.05, 0.1) is 13.0 Å². The lowest BCUT2D eigenvalue weighted by Crippen LogP contribution is -2.22. The number of nitrogens with zero attached hydrogens (tertiary/aromatic N) is 1. The average molecular weight is 263 g/mol. The van der Waals surface area contributed by atoms with Crippen molar-refractivity contribution in [2.75, 3.05) is 26.2 Å². The normalized spacial score (nSPS) is 15.6. The highest BCUT2D eigenvalue weighted by Gasteiger charge is 2.11. The summed E-state index contributed by atoms with van der Waals surface area (Å²) in [6.45, 7) is 4.12. The minimum absolute atomic E-state index is 0.0162. The van der Waals surface area contributed by atoms with Crippen LogP contribution in [0.15, 0.2) is 24.3 Å². The maximum atomic E-state index is 10.8. The minimum Gasteiger partial charge on any atom is -0.493 e. The maximum Gasteiger partial charge on any atom is 0.307 e. The molecule has 0 atom stereocenters. The summed E-state index contributed by atoms with van der Waals surface area (Å²) >= 11 is 0. The average Bonchev–Trinajstić information content (AvgIpc) is 2.89. The number of aliphatic carboxylic acids is 1. The minimum atomic E-state index is -0.826. The molecule has 1 fully saturated rings. The van der Waals surface area contributed by atoms with Gasteiger partial charge in [-0.1, -0.05) is 18.2 Å². The number of benzene rings is 1. The Hall–Kier alpha value is -1.55. The smallest absolute Gasteiger partial charge is 0.307 e. The molecule has 1 aliphatic rings. The van der Waals surface area contributed by atoms with Crippen molar-refractivity contribution >= 4 is 5.97 Å². The number of carboxylic acid groups (broad SMARTS) is 1. The van der Waals surface area contributed by atoms with E-state index in [4.69, 9.17) is 9.84 Å². The molecule has 0 aliphatic carbocycles. The van der Waals surface area contributed by atoms with Crippen LogP contribution in [-0.4, -0.2) is 42.2 Å². The monoisotopic (exact) mass is 263 g/mol. The van der Waals surface area contributed by atoms with Crippen LogP contribution in [0.25, 0.3) is 0 Å². The number of hydrogen-bond donors (Lipinski definition) is 1. The summed E-state index contributed by atoms with van der Waals surface area (Å²) in [4.78, 5) is 13.2. The fraction of sp³-hybridized carbons (Fsp3) is 0.533. The zero-order valence-electron chi connectivity index (χ0n) is 11.2. The molecule has 104 valence electrons. The molecule has 0 saturated carbocycles. The zero-order valence-corrected chi connectivity index (χ0v) is 11.2. The summed E-state index contributed by atoms with van der Waals surface area (Å²) in [6.07, 6.45) is 3.62. The van der Waals surface area contributed by atoms with Crippen LogP contribution in [0, 0.1) is 0 Å². The summed E-state index contributed by atoms with van der Waals surface area (Å²) in [7, 11) is 0. The van der Waals surface area contributed by atoms with Gasteiger partial charge >= 0.3 is 5.97 Å². The molecule has 1 aromatic carbocycles. The van der Waals surface area contributed by atoms with Gasteiger partial charge in [0.1, 0.15) is 5.75 Å². The van der Waals surface area contributed by atoms with E-state index in [0.717, 1.165) is 18.5 Å². The molecule has 1 N–H and O–H groups in total. The number of ether oxygens (including phenoxy) is 1. The zero-order chi connectivity index (χ0) is 13.5. The molecular formula is C15H21NO3. The van der Waals surface area contributed by atoms with Gasteiger partial charge in [-0.2, -0.15) is 0 Å². The van der Waals surface area contributed by atoms with E-state index >= 15 is 0 Å². The number of carboxylic acids is 1. The summed E-state index contributed by atoms with van der Waals surface area (Å²) in [5, 5.41) is 8.84. The summed E-state index contributed by atoms with van der Waals surface area (Å²) in [5.41, 5.74) is 0.746. The molecule has 0 amide bonds. The van der Waals surface area contributed by atoms with Crippen LogP contribution in [-0.2, 0) is 11.2 Å². The summed E-state index contributed by atoms with van der Waals surface area (Å²) in [6, 6.07) is 7.37. The molecular weight excluding hydrogens is 242 g/mol. The Bertz CT molecular complexity index is 414. The fourth-order valence-electron chi connectivity index (χ4n) is 2.43. The molecule has 0 aromatic heterocycles. The molecule has 0 bridgehead atoms. The van der Waals surface area contributed by atoms with Crippen molar-refractivity contribution in [2.45, 2.75) is 25.7 Å². The third kappa shape index (κ3) is 4.56. The topological polar surface area (TPSA) is 49.8 Å². The van der Waals surface area contributed by atoms with Gasteiger partial charge in [-0.25, -0.2) is 0 Å². The van der Waals surface area contributed by atoms with Gasteiger partial charge in [0, 0.05) is 12.1 Å². The van der Waals surface area contributed by atoms with E-state index in [1.807, 2.05) is 24.3 Å². The van der Waals surface area contributed by atoms with Crippen LogP contribution in [0.5, 0.6) is 5.75 Å². The third-order valence-corrected chi connectivity index (χ3v) is 3.39. The first kappa shape index (κ1) is 13.9. The second kappa shape index (κ2) is 7.14. The summed E-state index contributed by atoms with van der Waals surface area (Å²) in [5.74, 6) is -0.126. The number of likely N-dealkylation sites (tertiary alicyclic amines) is 1. The Kier molecular flexibility index (Phi) is 5.21. The Balaban J connectivity index is 1.76. The second-order valence-corrected chi connectivity index (χ2v) is 4.93. The van der Waals surface area contributed by atoms with Gasteiger partial charge in [0.25, 0.3) is 0 Å². The lowest BCUT2D eigenvalue weighted by Gasteiger charge is -2.15. The van der Waals surface area contributed by atoms with E-state index in [9.17, 15) is 4.79 Å². The van der Waals surface area contributed by atoms with Crippen LogP contribution in [0.1, 0.15) is 24.8 Å². The molecule has 2 rings (SSSR count). The van der Waals surface area contributed by atoms with Crippen molar-refractivity contribution in [3.8, 4) is 5.75 Å². The largest absolute Gasteiger partial charge is 0.493 e. The van der Waals surface area contributed by atoms with E-state index in [1.165, 1.54) is 25.9 Å². The van der Waals surface area contributed by atoms with Crippen LogP contribution in [0.2, 0.25) is 0 Å². The molecule has 0 unspecified atom stereocenters. The SMILES string of the molecule is O=C(O)Cc1ccccc1OCCCN1CCCC1. The quantitative estimate of drug-likeness (QED) is 0.766. The number of rotatable bonds is 7. The van der Waals surface area contributed by atoms with Gasteiger partial charge < -0.3 is 14.7 Å². The highest BCUT2D eigenvalue weighted by Crippen LogP contribution is 2.19. The molecule has 4 nitrogen and oxygen atoms in total. The van der Waals surface area contributed by atoms with Gasteiger partial charge in [-0.15, -0.1) is 0 Å². The van der Waals surface area contributed by atoms with Crippen molar-refractivity contribution in [1.82, 2.24) is 4.90 Å². The van der Waals surface area contributed by atoms with E-state index in [1.54, 1.807) is 0 Å². The molecule has 19 heavy (non-hydrogen) atoms. The molecule has 0 spiro atoms. The van der Waals surface area contributed by atoms with E-state index in [0.29, 0.717) is 12.4 Å². The Morgan fingerprint density at radius 3 is 2.74 bits per heavy atom. The Morgan fingerprint density at radius 1 is 1.26 bits per heavy atom. The Morgan fingerprint density at radius 2 is 2.00 bits per heavy atom. The van der Waals surface area contributed by atoms with Crippen LogP contribution < -0.4 is 4.74 Å². The molecule has 1 aromatic rings. The molecule has 4 heteroatoms. The third-order valence-electron chi connectivity index (χ3n) is 3.39. The van der Waals surface area contributed by atoms with Crippen LogP contribution in [0.4, 0.5) is 0 Å². The number of para-hydroxylation sites is 1. The standard InChI is InChI=1S/C15H21NO3/c17-15(18)12-13-6-1-2-7-14(13)19-11-5-10-16-8-3-4-9-16/h1-2,6-7H,3-5,8-12H2,(H,17,18). The van der Waals surface area contributed by atoms with Crippen molar-refractivity contribution in [3.05, 3.63) is 29.8 Å². The maximum absolute atomic E-state index is 10.8.